The second kappa shape index (κ2) is 2.61. The van der Waals surface area contributed by atoms with Crippen LogP contribution in [0.15, 0.2) is 5.11 Å². The van der Waals surface area contributed by atoms with Crippen molar-refractivity contribution >= 4 is 0 Å². The van der Waals surface area contributed by atoms with E-state index in [2.05, 4.69) is 5.11 Å². The Labute approximate surface area is 39.3 Å². The molecule has 0 aliphatic heterocycles. The number of hydroxylamine groups is 1. The summed E-state index contributed by atoms with van der Waals surface area (Å²) < 4.78 is 0. The zero-order chi connectivity index (χ0) is 5.70. The maximum Gasteiger partial charge on any atom is 0.486 e. The van der Waals surface area contributed by atoms with Gasteiger partial charge in [-0.15, -0.1) is 0 Å². The highest BCUT2D eigenvalue weighted by atomic mass is 16.5. The number of azo groups is 1. The van der Waals surface area contributed by atoms with E-state index < -0.39 is 0 Å². The predicted molar refractivity (Wildman–Crippen MR) is 17.3 cm³/mol. The van der Waals surface area contributed by atoms with E-state index in [1.165, 1.54) is 0 Å². The van der Waals surface area contributed by atoms with Gasteiger partial charge in [-0.25, -0.2) is 0 Å². The van der Waals surface area contributed by atoms with Crippen molar-refractivity contribution in [2.45, 2.75) is 0 Å². The van der Waals surface area contributed by atoms with Crippen molar-refractivity contribution in [3.05, 3.63) is 5.21 Å². The maximum atomic E-state index is 9.58. The summed E-state index contributed by atoms with van der Waals surface area (Å²) in [7, 11) is 0. The third-order valence-corrected chi connectivity index (χ3v) is 0.221. The van der Waals surface area contributed by atoms with Crippen LogP contribution in [0.2, 0.25) is 0 Å². The third kappa shape index (κ3) is 2.17. The van der Waals surface area contributed by atoms with Crippen LogP contribution in [0.1, 0.15) is 0 Å². The molecule has 0 amide bonds. The van der Waals surface area contributed by atoms with Crippen molar-refractivity contribution < 1.29 is 4.86 Å². The average Bonchev–Trinajstić information content (AvgIpc) is 1.68. The Balaban J connectivity index is 3.89. The minimum atomic E-state index is -0.375. The quantitative estimate of drug-likeness (QED) is 0.139. The van der Waals surface area contributed by atoms with Crippen LogP contribution in [0.4, 0.5) is 0 Å². The van der Waals surface area contributed by atoms with Gasteiger partial charge in [0.2, 0.25) is 6.19 Å². The van der Waals surface area contributed by atoms with Gasteiger partial charge in [0.15, 0.2) is 5.26 Å². The second-order valence-electron chi connectivity index (χ2n) is 0.573. The summed E-state index contributed by atoms with van der Waals surface area (Å²) in [5, 5.41) is 27.2. The summed E-state index contributed by atoms with van der Waals surface area (Å²) in [6.45, 7) is 0. The van der Waals surface area contributed by atoms with Gasteiger partial charge in [0.05, 0.1) is 0 Å². The molecule has 0 fully saturated rings. The molecule has 0 radical (unpaired) electrons. The summed E-state index contributed by atoms with van der Waals surface area (Å²) in [5.74, 6) is 0. The number of nitrogens with zero attached hydrogens (tertiary/aromatic N) is 4. The Morgan fingerprint density at radius 2 is 2.14 bits per heavy atom. The highest BCUT2D eigenvalue weighted by Crippen LogP contribution is 1.64. The van der Waals surface area contributed by atoms with E-state index in [9.17, 15) is 5.21 Å². The van der Waals surface area contributed by atoms with Crippen LogP contribution in [0.5, 0.6) is 0 Å². The van der Waals surface area contributed by atoms with Gasteiger partial charge in [-0.3, -0.25) is 0 Å². The molecule has 0 saturated carbocycles. The molecule has 0 aromatic carbocycles. The molecule has 0 N–H and O–H groups in total. The maximum absolute atomic E-state index is 9.58. The minimum absolute atomic E-state index is 0.375. The van der Waals surface area contributed by atoms with Crippen molar-refractivity contribution in [3.63, 3.8) is 0 Å². The monoisotopic (exact) mass is 96.0 g/mol. The van der Waals surface area contributed by atoms with E-state index in [1.807, 2.05) is 0 Å². The molecule has 5 heteroatoms. The molecule has 34 valence electrons. The Hall–Kier alpha value is -1.62. The van der Waals surface area contributed by atoms with Crippen LogP contribution in [0.25, 0.3) is 0 Å². The summed E-state index contributed by atoms with van der Waals surface area (Å²) >= 11 is 0. The molecule has 7 heavy (non-hydrogen) atoms. The van der Waals surface area contributed by atoms with E-state index in [0.29, 0.717) is 0 Å². The lowest BCUT2D eigenvalue weighted by molar-refractivity contribution is -0.433. The van der Waals surface area contributed by atoms with Crippen molar-refractivity contribution in [2.24, 2.45) is 5.11 Å². The van der Waals surface area contributed by atoms with E-state index in [-0.39, 0.29) is 4.86 Å². The molecule has 0 bridgehead atoms. The molecule has 0 atom stereocenters. The molecule has 0 heterocycles. The molecule has 0 spiro atoms. The first-order valence-corrected chi connectivity index (χ1v) is 1.28. The van der Waals surface area contributed by atoms with Crippen LogP contribution in [-0.4, -0.2) is 4.86 Å². The summed E-state index contributed by atoms with van der Waals surface area (Å²) in [5.41, 5.74) is 0. The van der Waals surface area contributed by atoms with Gasteiger partial charge in [-0.1, -0.05) is 4.86 Å². The third-order valence-electron chi connectivity index (χ3n) is 0.221. The number of hydrogen-bond donors (Lipinski definition) is 0. The van der Waals surface area contributed by atoms with Gasteiger partial charge >= 0.3 is 6.19 Å². The molecule has 0 saturated heterocycles. The lowest BCUT2D eigenvalue weighted by Gasteiger charge is -1.81. The molecule has 0 unspecified atom stereocenters. The van der Waals surface area contributed by atoms with Crippen LogP contribution in [-0.2, 0) is 0 Å². The van der Waals surface area contributed by atoms with E-state index in [4.69, 9.17) is 10.5 Å². The Kier molecular flexibility index (Phi) is 2.00. The lowest BCUT2D eigenvalue weighted by Crippen LogP contribution is -1.83. The second-order valence-corrected chi connectivity index (χ2v) is 0.573. The number of nitriles is 2. The molecule has 0 rings (SSSR count). The standard InChI is InChI=1S/C2N4O/c3-1-5-6(7)2-4. The van der Waals surface area contributed by atoms with E-state index in [0.717, 1.165) is 12.4 Å². The lowest BCUT2D eigenvalue weighted by atomic mass is 11.3. The Morgan fingerprint density at radius 3 is 2.29 bits per heavy atom. The minimum Gasteiger partial charge on any atom is -0.682 e. The van der Waals surface area contributed by atoms with Crippen molar-refractivity contribution in [1.82, 2.24) is 0 Å². The first-order chi connectivity index (χ1) is 3.31. The number of hydrogen-bond acceptors (Lipinski definition) is 4. The van der Waals surface area contributed by atoms with Gasteiger partial charge in [0.1, 0.15) is 0 Å². The van der Waals surface area contributed by atoms with Gasteiger partial charge < -0.3 is 5.21 Å². The van der Waals surface area contributed by atoms with Crippen molar-refractivity contribution in [3.8, 4) is 12.4 Å². The Morgan fingerprint density at radius 1 is 1.57 bits per heavy atom. The van der Waals surface area contributed by atoms with Crippen molar-refractivity contribution in [1.29, 1.82) is 10.5 Å². The molecule has 0 aliphatic rings. The van der Waals surface area contributed by atoms with Crippen molar-refractivity contribution in [2.75, 3.05) is 0 Å². The van der Waals surface area contributed by atoms with Gasteiger partial charge in [-0.2, -0.15) is 5.26 Å². The fraction of sp³-hybridized carbons (Fsp3) is 0. The molecule has 0 aliphatic carbocycles. The zero-order valence-electron chi connectivity index (χ0n) is 3.20. The normalized spacial score (nSPS) is 9.14. The van der Waals surface area contributed by atoms with Gasteiger partial charge in [0, 0.05) is 5.11 Å². The molecular weight excluding hydrogens is 96.0 g/mol. The van der Waals surface area contributed by atoms with Crippen LogP contribution in [0.3, 0.4) is 0 Å². The van der Waals surface area contributed by atoms with Crippen LogP contribution in [0, 0.1) is 28.1 Å². The predicted octanol–water partition coefficient (Wildman–Crippen LogP) is -0.0889. The fourth-order valence-electron chi connectivity index (χ4n) is 0.0630. The highest BCUT2D eigenvalue weighted by Gasteiger charge is 1.77. The summed E-state index contributed by atoms with van der Waals surface area (Å²) in [6.07, 6.45) is 2.19. The first-order valence-electron chi connectivity index (χ1n) is 1.28. The summed E-state index contributed by atoms with van der Waals surface area (Å²) in [4.78, 5) is -0.375. The number of rotatable bonds is 0. The van der Waals surface area contributed by atoms with E-state index in [1.54, 1.807) is 0 Å². The fourth-order valence-corrected chi connectivity index (χ4v) is 0.0630. The van der Waals surface area contributed by atoms with E-state index >= 15 is 0 Å². The average molecular weight is 96.0 g/mol. The first kappa shape index (κ1) is 5.38. The Bertz CT molecular complexity index is 158. The topological polar surface area (TPSA) is 86.0 Å². The zero-order valence-corrected chi connectivity index (χ0v) is 3.20. The molecule has 5 nitrogen and oxygen atoms in total. The molecule has 0 aromatic rings. The SMILES string of the molecule is N#CN=[N+]([O-])C#N. The molecule has 0 aromatic heterocycles. The van der Waals surface area contributed by atoms with Crippen LogP contribution < -0.4 is 0 Å². The van der Waals surface area contributed by atoms with Crippen LogP contribution >= 0.6 is 0 Å². The van der Waals surface area contributed by atoms with Gasteiger partial charge in [-0.05, 0) is 0 Å². The highest BCUT2D eigenvalue weighted by molar-refractivity contribution is 4.56. The summed E-state index contributed by atoms with van der Waals surface area (Å²) in [6, 6.07) is 0. The smallest absolute Gasteiger partial charge is 0.486 e. The molecular formula is C2N4O. The van der Waals surface area contributed by atoms with Gasteiger partial charge in [0.25, 0.3) is 0 Å². The largest absolute Gasteiger partial charge is 0.682 e.